The van der Waals surface area contributed by atoms with Gasteiger partial charge in [0.2, 0.25) is 0 Å². The molecule has 7 heteroatoms. The molecule has 0 saturated carbocycles. The predicted octanol–water partition coefficient (Wildman–Crippen LogP) is 3.17. The third-order valence-corrected chi connectivity index (χ3v) is 5.91. The number of ether oxygens (including phenoxy) is 1. The first-order valence-electron chi connectivity index (χ1n) is 9.48. The van der Waals surface area contributed by atoms with Gasteiger partial charge in [0.15, 0.2) is 0 Å². The molecule has 1 aliphatic heterocycles. The van der Waals surface area contributed by atoms with Crippen LogP contribution in [0.25, 0.3) is 10.2 Å². The smallest absolute Gasteiger partial charge is 0.308 e. The van der Waals surface area contributed by atoms with Crippen molar-refractivity contribution in [2.45, 2.75) is 20.0 Å². The molecule has 1 aromatic heterocycles. The second-order valence-electron chi connectivity index (χ2n) is 6.83. The van der Waals surface area contributed by atoms with Crippen LogP contribution in [0.3, 0.4) is 0 Å². The number of hydrogen-bond donors (Lipinski definition) is 1. The van der Waals surface area contributed by atoms with E-state index in [1.165, 1.54) is 16.9 Å². The standard InChI is InChI=1S/C21H23N3O3S/c1-2-24-18-8-7-17(13-19(18)28-21(24)26)22-20(25)16-5-3-15(4-6-16)14-23-9-11-27-12-10-23/h3-8,13H,2,9-12,14H2,1H3,(H,22,25). The van der Waals surface area contributed by atoms with Crippen LogP contribution in [0.5, 0.6) is 0 Å². The van der Waals surface area contributed by atoms with E-state index in [1.807, 2.05) is 49.4 Å². The number of morpholine rings is 1. The van der Waals surface area contributed by atoms with Crippen molar-refractivity contribution in [3.8, 4) is 0 Å². The highest BCUT2D eigenvalue weighted by molar-refractivity contribution is 7.16. The Morgan fingerprint density at radius 3 is 2.61 bits per heavy atom. The van der Waals surface area contributed by atoms with E-state index in [0.29, 0.717) is 17.8 Å². The van der Waals surface area contributed by atoms with Crippen LogP contribution in [0.4, 0.5) is 5.69 Å². The van der Waals surface area contributed by atoms with Gasteiger partial charge in [-0.2, -0.15) is 0 Å². The lowest BCUT2D eigenvalue weighted by Crippen LogP contribution is -2.35. The van der Waals surface area contributed by atoms with Crippen molar-refractivity contribution in [2.75, 3.05) is 31.6 Å². The molecular formula is C21H23N3O3S. The average molecular weight is 398 g/mol. The van der Waals surface area contributed by atoms with Gasteiger partial charge in [-0.25, -0.2) is 0 Å². The molecule has 1 aliphatic rings. The first-order chi connectivity index (χ1) is 13.6. The summed E-state index contributed by atoms with van der Waals surface area (Å²) >= 11 is 1.20. The summed E-state index contributed by atoms with van der Waals surface area (Å²) in [5, 5.41) is 2.93. The number of carbonyl (C=O) groups excluding carboxylic acids is 1. The minimum Gasteiger partial charge on any atom is -0.379 e. The van der Waals surface area contributed by atoms with Crippen molar-refractivity contribution in [1.29, 1.82) is 0 Å². The molecule has 0 bridgehead atoms. The first-order valence-corrected chi connectivity index (χ1v) is 10.3. The fourth-order valence-electron chi connectivity index (χ4n) is 3.43. The number of aryl methyl sites for hydroxylation is 1. The lowest BCUT2D eigenvalue weighted by molar-refractivity contribution is 0.0342. The number of fused-ring (bicyclic) bond motifs is 1. The number of amides is 1. The fourth-order valence-corrected chi connectivity index (χ4v) is 4.42. The number of aromatic nitrogens is 1. The highest BCUT2D eigenvalue weighted by atomic mass is 32.1. The lowest BCUT2D eigenvalue weighted by atomic mass is 10.1. The van der Waals surface area contributed by atoms with Gasteiger partial charge in [-0.15, -0.1) is 0 Å². The Morgan fingerprint density at radius 1 is 1.14 bits per heavy atom. The average Bonchev–Trinajstić information content (AvgIpc) is 3.03. The van der Waals surface area contributed by atoms with Crippen LogP contribution in [0, 0.1) is 0 Å². The Kier molecular flexibility index (Phi) is 5.57. The molecule has 2 aromatic carbocycles. The van der Waals surface area contributed by atoms with Crippen LogP contribution in [0.2, 0.25) is 0 Å². The van der Waals surface area contributed by atoms with E-state index in [0.717, 1.165) is 43.1 Å². The molecule has 0 spiro atoms. The molecule has 0 aliphatic carbocycles. The fraction of sp³-hybridized carbons (Fsp3) is 0.333. The molecule has 0 radical (unpaired) electrons. The summed E-state index contributed by atoms with van der Waals surface area (Å²) < 4.78 is 7.99. The van der Waals surface area contributed by atoms with Crippen molar-refractivity contribution >= 4 is 33.1 Å². The summed E-state index contributed by atoms with van der Waals surface area (Å²) in [4.78, 5) is 26.9. The molecule has 1 saturated heterocycles. The number of hydrogen-bond acceptors (Lipinski definition) is 5. The van der Waals surface area contributed by atoms with Gasteiger partial charge in [0.1, 0.15) is 0 Å². The molecule has 4 rings (SSSR count). The van der Waals surface area contributed by atoms with Crippen molar-refractivity contribution in [3.63, 3.8) is 0 Å². The van der Waals surface area contributed by atoms with Crippen LogP contribution in [-0.2, 0) is 17.8 Å². The molecule has 0 unspecified atom stereocenters. The predicted molar refractivity (Wildman–Crippen MR) is 112 cm³/mol. The molecule has 6 nitrogen and oxygen atoms in total. The van der Waals surface area contributed by atoms with E-state index in [9.17, 15) is 9.59 Å². The second-order valence-corrected chi connectivity index (χ2v) is 7.83. The molecular weight excluding hydrogens is 374 g/mol. The summed E-state index contributed by atoms with van der Waals surface area (Å²) in [7, 11) is 0. The molecule has 2 heterocycles. The van der Waals surface area contributed by atoms with Gasteiger partial charge in [0.25, 0.3) is 5.91 Å². The van der Waals surface area contributed by atoms with Gasteiger partial charge >= 0.3 is 4.87 Å². The summed E-state index contributed by atoms with van der Waals surface area (Å²) in [6.45, 7) is 6.90. The molecule has 28 heavy (non-hydrogen) atoms. The van der Waals surface area contributed by atoms with Crippen LogP contribution >= 0.6 is 11.3 Å². The van der Waals surface area contributed by atoms with E-state index >= 15 is 0 Å². The third-order valence-electron chi connectivity index (χ3n) is 4.97. The highest BCUT2D eigenvalue weighted by Gasteiger charge is 2.12. The number of benzene rings is 2. The Bertz CT molecular complexity index is 1030. The zero-order valence-electron chi connectivity index (χ0n) is 15.8. The van der Waals surface area contributed by atoms with E-state index < -0.39 is 0 Å². The minimum absolute atomic E-state index is 0.0248. The maximum atomic E-state index is 12.6. The molecule has 1 N–H and O–H groups in total. The van der Waals surface area contributed by atoms with Gasteiger partial charge in [0, 0.05) is 37.4 Å². The Hall–Kier alpha value is -2.48. The zero-order valence-corrected chi connectivity index (χ0v) is 16.6. The Labute approximate surface area is 167 Å². The van der Waals surface area contributed by atoms with Gasteiger partial charge in [0.05, 0.1) is 23.4 Å². The largest absolute Gasteiger partial charge is 0.379 e. The lowest BCUT2D eigenvalue weighted by Gasteiger charge is -2.26. The maximum Gasteiger partial charge on any atom is 0.308 e. The van der Waals surface area contributed by atoms with Crippen LogP contribution in [0.1, 0.15) is 22.8 Å². The maximum absolute atomic E-state index is 12.6. The van der Waals surface area contributed by atoms with Crippen LogP contribution in [0.15, 0.2) is 47.3 Å². The minimum atomic E-state index is -0.153. The van der Waals surface area contributed by atoms with Gasteiger partial charge < -0.3 is 10.1 Å². The molecule has 1 amide bonds. The second kappa shape index (κ2) is 8.26. The Balaban J connectivity index is 1.44. The summed E-state index contributed by atoms with van der Waals surface area (Å²) in [5.74, 6) is -0.153. The normalized spacial score (nSPS) is 15.0. The van der Waals surface area contributed by atoms with E-state index in [1.54, 1.807) is 4.57 Å². The van der Waals surface area contributed by atoms with E-state index in [-0.39, 0.29) is 10.8 Å². The van der Waals surface area contributed by atoms with Crippen LogP contribution < -0.4 is 10.2 Å². The first kappa shape index (κ1) is 18.9. The number of rotatable bonds is 5. The van der Waals surface area contributed by atoms with Crippen LogP contribution in [-0.4, -0.2) is 41.7 Å². The molecule has 146 valence electrons. The van der Waals surface area contributed by atoms with E-state index in [2.05, 4.69) is 10.2 Å². The molecule has 1 fully saturated rings. The van der Waals surface area contributed by atoms with Crippen molar-refractivity contribution in [2.24, 2.45) is 0 Å². The quantitative estimate of drug-likeness (QED) is 0.718. The van der Waals surface area contributed by atoms with E-state index in [4.69, 9.17) is 4.74 Å². The summed E-state index contributed by atoms with van der Waals surface area (Å²) in [6, 6.07) is 13.3. The molecule has 0 atom stereocenters. The monoisotopic (exact) mass is 397 g/mol. The van der Waals surface area contributed by atoms with Gasteiger partial charge in [-0.1, -0.05) is 23.5 Å². The highest BCUT2D eigenvalue weighted by Crippen LogP contribution is 2.22. The zero-order chi connectivity index (χ0) is 19.5. The number of nitrogens with one attached hydrogen (secondary N) is 1. The summed E-state index contributed by atoms with van der Waals surface area (Å²) in [6.07, 6.45) is 0. The third kappa shape index (κ3) is 4.01. The number of thiazole rings is 1. The number of carbonyl (C=O) groups is 1. The SMILES string of the molecule is CCn1c(=O)sc2cc(NC(=O)c3ccc(CN4CCOCC4)cc3)ccc21. The number of nitrogens with zero attached hydrogens (tertiary/aromatic N) is 2. The topological polar surface area (TPSA) is 63.6 Å². The summed E-state index contributed by atoms with van der Waals surface area (Å²) in [5.41, 5.74) is 3.40. The van der Waals surface area contributed by atoms with Gasteiger partial charge in [-0.3, -0.25) is 19.1 Å². The van der Waals surface area contributed by atoms with Gasteiger partial charge in [-0.05, 0) is 42.8 Å². The number of anilines is 1. The van der Waals surface area contributed by atoms with Crippen molar-refractivity contribution in [1.82, 2.24) is 9.47 Å². The van der Waals surface area contributed by atoms with Crippen molar-refractivity contribution in [3.05, 3.63) is 63.3 Å². The molecule has 3 aromatic rings. The Morgan fingerprint density at radius 2 is 1.89 bits per heavy atom. The van der Waals surface area contributed by atoms with Crippen molar-refractivity contribution < 1.29 is 9.53 Å².